The highest BCUT2D eigenvalue weighted by Gasteiger charge is 2.33. The molecule has 2 amide bonds. The Morgan fingerprint density at radius 2 is 1.67 bits per heavy atom. The summed E-state index contributed by atoms with van der Waals surface area (Å²) in [7, 11) is 0. The van der Waals surface area contributed by atoms with Crippen molar-refractivity contribution in [1.82, 2.24) is 4.90 Å². The molecule has 27 heavy (non-hydrogen) atoms. The largest absolute Gasteiger partial charge is 0.418 e. The number of carbonyl (C=O) groups excluding carboxylic acids is 2. The van der Waals surface area contributed by atoms with E-state index in [1.807, 2.05) is 0 Å². The van der Waals surface area contributed by atoms with Crippen LogP contribution in [0.5, 0.6) is 0 Å². The lowest BCUT2D eigenvalue weighted by Crippen LogP contribution is -2.38. The summed E-state index contributed by atoms with van der Waals surface area (Å²) in [5.74, 6) is -1.63. The molecule has 0 aliphatic carbocycles. The first kappa shape index (κ1) is 20.4. The highest BCUT2D eigenvalue weighted by molar-refractivity contribution is 5.95. The summed E-state index contributed by atoms with van der Waals surface area (Å²) in [5, 5.41) is 2.19. The molecule has 0 saturated heterocycles. The summed E-state index contributed by atoms with van der Waals surface area (Å²) in [5.41, 5.74) is -0.974. The van der Waals surface area contributed by atoms with Crippen molar-refractivity contribution in [1.29, 1.82) is 0 Å². The predicted molar refractivity (Wildman–Crippen MR) is 92.4 cm³/mol. The molecule has 2 rings (SSSR count). The molecule has 0 unspecified atom stereocenters. The first-order chi connectivity index (χ1) is 12.7. The molecular formula is C19H18F4N2O2. The van der Waals surface area contributed by atoms with Gasteiger partial charge < -0.3 is 10.2 Å². The molecule has 144 valence electrons. The third-order valence-corrected chi connectivity index (χ3v) is 3.90. The minimum absolute atomic E-state index is 0.0601. The maximum Gasteiger partial charge on any atom is 0.418 e. The van der Waals surface area contributed by atoms with Gasteiger partial charge in [-0.3, -0.25) is 9.59 Å². The lowest BCUT2D eigenvalue weighted by molar-refractivity contribution is -0.137. The number of hydrogen-bond acceptors (Lipinski definition) is 2. The Balaban J connectivity index is 2.04. The number of carbonyl (C=O) groups is 2. The van der Waals surface area contributed by atoms with Crippen LogP contribution in [0.25, 0.3) is 0 Å². The van der Waals surface area contributed by atoms with Crippen LogP contribution in [0, 0.1) is 5.82 Å². The maximum absolute atomic E-state index is 13.7. The Labute approximate surface area is 153 Å². The van der Waals surface area contributed by atoms with Gasteiger partial charge in [-0.25, -0.2) is 4.39 Å². The van der Waals surface area contributed by atoms with E-state index in [2.05, 4.69) is 5.32 Å². The Kier molecular flexibility index (Phi) is 6.55. The molecule has 0 fully saturated rings. The summed E-state index contributed by atoms with van der Waals surface area (Å²) >= 11 is 0. The van der Waals surface area contributed by atoms with Crippen LogP contribution in [0.3, 0.4) is 0 Å². The van der Waals surface area contributed by atoms with E-state index in [4.69, 9.17) is 0 Å². The molecule has 1 N–H and O–H groups in total. The summed E-state index contributed by atoms with van der Waals surface area (Å²) in [6.07, 6.45) is -4.44. The van der Waals surface area contributed by atoms with Crippen molar-refractivity contribution in [2.75, 3.05) is 18.4 Å². The number of benzene rings is 2. The Morgan fingerprint density at radius 1 is 1.04 bits per heavy atom. The Morgan fingerprint density at radius 3 is 2.30 bits per heavy atom. The van der Waals surface area contributed by atoms with Gasteiger partial charge in [-0.15, -0.1) is 0 Å². The Bertz CT molecular complexity index is 821. The van der Waals surface area contributed by atoms with Crippen molar-refractivity contribution in [3.63, 3.8) is 0 Å². The highest BCUT2D eigenvalue weighted by Crippen LogP contribution is 2.34. The number of rotatable bonds is 6. The summed E-state index contributed by atoms with van der Waals surface area (Å²) < 4.78 is 52.6. The fraction of sp³-hybridized carbons (Fsp3) is 0.263. The predicted octanol–water partition coefficient (Wildman–Crippen LogP) is 3.87. The van der Waals surface area contributed by atoms with E-state index in [-0.39, 0.29) is 18.7 Å². The molecule has 0 radical (unpaired) electrons. The molecule has 8 heteroatoms. The SMILES string of the molecule is CC(=O)N(CCc1ccccc1F)CC(=O)Nc1ccccc1C(F)(F)F. The van der Waals surface area contributed by atoms with E-state index in [1.54, 1.807) is 12.1 Å². The van der Waals surface area contributed by atoms with Crippen LogP contribution in [-0.2, 0) is 22.2 Å². The van der Waals surface area contributed by atoms with Gasteiger partial charge in [0.1, 0.15) is 5.82 Å². The standard InChI is InChI=1S/C19H18F4N2O2/c1-13(26)25(11-10-14-6-2-4-8-16(14)20)12-18(27)24-17-9-5-3-7-15(17)19(21,22)23/h2-9H,10-12H2,1H3,(H,24,27). The third-order valence-electron chi connectivity index (χ3n) is 3.90. The monoisotopic (exact) mass is 382 g/mol. The van der Waals surface area contributed by atoms with Crippen molar-refractivity contribution < 1.29 is 27.2 Å². The van der Waals surface area contributed by atoms with E-state index in [0.717, 1.165) is 17.0 Å². The average Bonchev–Trinajstić information content (AvgIpc) is 2.59. The average molecular weight is 382 g/mol. The van der Waals surface area contributed by atoms with Crippen LogP contribution in [0.1, 0.15) is 18.1 Å². The molecule has 2 aromatic rings. The number of alkyl halides is 3. The molecule has 0 aliphatic heterocycles. The zero-order valence-corrected chi connectivity index (χ0v) is 14.5. The van der Waals surface area contributed by atoms with Gasteiger partial charge >= 0.3 is 6.18 Å². The molecule has 0 spiro atoms. The normalized spacial score (nSPS) is 11.1. The quantitative estimate of drug-likeness (QED) is 0.771. The third kappa shape index (κ3) is 5.80. The molecule has 2 aromatic carbocycles. The van der Waals surface area contributed by atoms with Crippen LogP contribution >= 0.6 is 0 Å². The first-order valence-electron chi connectivity index (χ1n) is 8.13. The summed E-state index contributed by atoms with van der Waals surface area (Å²) in [4.78, 5) is 25.0. The number of nitrogens with one attached hydrogen (secondary N) is 1. The molecule has 0 heterocycles. The van der Waals surface area contributed by atoms with E-state index in [0.29, 0.717) is 5.56 Å². The molecule has 4 nitrogen and oxygen atoms in total. The van der Waals surface area contributed by atoms with E-state index >= 15 is 0 Å². The maximum atomic E-state index is 13.7. The zero-order valence-electron chi connectivity index (χ0n) is 14.5. The van der Waals surface area contributed by atoms with Gasteiger partial charge in [0.05, 0.1) is 17.8 Å². The van der Waals surface area contributed by atoms with Crippen LogP contribution < -0.4 is 5.32 Å². The molecule has 0 bridgehead atoms. The minimum Gasteiger partial charge on any atom is -0.333 e. The summed E-state index contributed by atoms with van der Waals surface area (Å²) in [6, 6.07) is 10.6. The van der Waals surface area contributed by atoms with Gasteiger partial charge in [0.15, 0.2) is 0 Å². The molecule has 0 atom stereocenters. The van der Waals surface area contributed by atoms with Crippen molar-refractivity contribution in [2.45, 2.75) is 19.5 Å². The van der Waals surface area contributed by atoms with Crippen molar-refractivity contribution >= 4 is 17.5 Å². The number of hydrogen-bond donors (Lipinski definition) is 1. The van der Waals surface area contributed by atoms with Crippen LogP contribution in [-0.4, -0.2) is 29.8 Å². The molecule has 0 aromatic heterocycles. The molecule has 0 saturated carbocycles. The van der Waals surface area contributed by atoms with Gasteiger partial charge in [-0.1, -0.05) is 30.3 Å². The van der Waals surface area contributed by atoms with Crippen LogP contribution in [0.2, 0.25) is 0 Å². The second-order valence-corrected chi connectivity index (χ2v) is 5.87. The molecular weight excluding hydrogens is 364 g/mol. The lowest BCUT2D eigenvalue weighted by atomic mass is 10.1. The van der Waals surface area contributed by atoms with Crippen molar-refractivity contribution in [3.05, 3.63) is 65.5 Å². The van der Waals surface area contributed by atoms with Crippen molar-refractivity contribution in [3.8, 4) is 0 Å². The smallest absolute Gasteiger partial charge is 0.333 e. The fourth-order valence-corrected chi connectivity index (χ4v) is 2.51. The minimum atomic E-state index is -4.62. The number of para-hydroxylation sites is 1. The zero-order chi connectivity index (χ0) is 20.0. The number of halogens is 4. The number of amides is 2. The fourth-order valence-electron chi connectivity index (χ4n) is 2.51. The second-order valence-electron chi connectivity index (χ2n) is 5.87. The second kappa shape index (κ2) is 8.66. The Hall–Kier alpha value is -2.90. The highest BCUT2D eigenvalue weighted by atomic mass is 19.4. The van der Waals surface area contributed by atoms with Gasteiger partial charge in [0, 0.05) is 13.5 Å². The van der Waals surface area contributed by atoms with Gasteiger partial charge in [0.2, 0.25) is 11.8 Å². The van der Waals surface area contributed by atoms with Crippen LogP contribution in [0.15, 0.2) is 48.5 Å². The first-order valence-corrected chi connectivity index (χ1v) is 8.13. The van der Waals surface area contributed by atoms with Gasteiger partial charge in [-0.05, 0) is 30.2 Å². The van der Waals surface area contributed by atoms with E-state index in [9.17, 15) is 27.2 Å². The van der Waals surface area contributed by atoms with Gasteiger partial charge in [-0.2, -0.15) is 13.2 Å². The lowest BCUT2D eigenvalue weighted by Gasteiger charge is -2.21. The van der Waals surface area contributed by atoms with E-state index < -0.39 is 35.9 Å². The van der Waals surface area contributed by atoms with Crippen LogP contribution in [0.4, 0.5) is 23.2 Å². The summed E-state index contributed by atoms with van der Waals surface area (Å²) in [6.45, 7) is 0.860. The van der Waals surface area contributed by atoms with Crippen molar-refractivity contribution in [2.24, 2.45) is 0 Å². The van der Waals surface area contributed by atoms with Gasteiger partial charge in [0.25, 0.3) is 0 Å². The number of anilines is 1. The van der Waals surface area contributed by atoms with E-state index in [1.165, 1.54) is 31.2 Å². The number of nitrogens with zero attached hydrogens (tertiary/aromatic N) is 1. The molecule has 0 aliphatic rings. The topological polar surface area (TPSA) is 49.4 Å².